The predicted molar refractivity (Wildman–Crippen MR) is 75.7 cm³/mol. The molecule has 0 atom stereocenters. The lowest BCUT2D eigenvalue weighted by molar-refractivity contribution is -0.107. The fraction of sp³-hybridized carbons (Fsp3) is 0.154. The molecule has 0 N–H and O–H groups in total. The Balaban J connectivity index is 2.56. The van der Waals surface area contributed by atoms with Gasteiger partial charge in [-0.05, 0) is 41.1 Å². The topological polar surface area (TPSA) is 56.1 Å². The van der Waals surface area contributed by atoms with E-state index >= 15 is 0 Å². The molecule has 0 spiro atoms. The number of carbonyl (C=O) groups excluding carboxylic acids is 1. The molecule has 6 heteroatoms. The standard InChI is InChI=1S/C13H12BrNO3S/c1-10-2-4-13(5-3-10)19(17,18)15-9-11(14)8-12(15)6-7-16/h2-5,7-9H,6H2,1H3. The van der Waals surface area contributed by atoms with Crippen molar-refractivity contribution in [3.63, 3.8) is 0 Å². The molecular formula is C13H12BrNO3S. The third-order valence-corrected chi connectivity index (χ3v) is 4.86. The van der Waals surface area contributed by atoms with Gasteiger partial charge in [-0.3, -0.25) is 0 Å². The van der Waals surface area contributed by atoms with Crippen LogP contribution in [-0.4, -0.2) is 18.7 Å². The van der Waals surface area contributed by atoms with Crippen molar-refractivity contribution in [3.8, 4) is 0 Å². The molecule has 0 unspecified atom stereocenters. The molecule has 2 rings (SSSR count). The number of aldehydes is 1. The van der Waals surface area contributed by atoms with Crippen molar-refractivity contribution >= 4 is 32.2 Å². The monoisotopic (exact) mass is 341 g/mol. The summed E-state index contributed by atoms with van der Waals surface area (Å²) in [4.78, 5) is 10.8. The molecule has 0 bridgehead atoms. The highest BCUT2D eigenvalue weighted by molar-refractivity contribution is 9.10. The van der Waals surface area contributed by atoms with E-state index in [-0.39, 0.29) is 11.3 Å². The lowest BCUT2D eigenvalue weighted by atomic mass is 10.2. The summed E-state index contributed by atoms with van der Waals surface area (Å²) < 4.78 is 26.7. The quantitative estimate of drug-likeness (QED) is 0.803. The molecule has 0 aliphatic carbocycles. The minimum atomic E-state index is -3.66. The normalized spacial score (nSPS) is 11.5. The van der Waals surface area contributed by atoms with E-state index in [2.05, 4.69) is 15.9 Å². The Morgan fingerprint density at radius 3 is 2.47 bits per heavy atom. The molecular weight excluding hydrogens is 330 g/mol. The van der Waals surface area contributed by atoms with Crippen LogP contribution in [0.25, 0.3) is 0 Å². The molecule has 4 nitrogen and oxygen atoms in total. The average molecular weight is 342 g/mol. The Labute approximate surface area is 120 Å². The zero-order valence-corrected chi connectivity index (χ0v) is 12.6. The van der Waals surface area contributed by atoms with E-state index in [1.807, 2.05) is 6.92 Å². The number of benzene rings is 1. The second-order valence-electron chi connectivity index (χ2n) is 4.13. The molecule has 0 aliphatic rings. The second kappa shape index (κ2) is 5.30. The van der Waals surface area contributed by atoms with Crippen LogP contribution in [0.2, 0.25) is 0 Å². The van der Waals surface area contributed by atoms with E-state index in [9.17, 15) is 13.2 Å². The molecule has 1 aromatic heterocycles. The Kier molecular flexibility index (Phi) is 3.91. The number of hydrogen-bond acceptors (Lipinski definition) is 3. The number of aromatic nitrogens is 1. The van der Waals surface area contributed by atoms with Crippen LogP contribution < -0.4 is 0 Å². The first kappa shape index (κ1) is 14.0. The van der Waals surface area contributed by atoms with Crippen molar-refractivity contribution in [2.45, 2.75) is 18.2 Å². The van der Waals surface area contributed by atoms with E-state index < -0.39 is 10.0 Å². The lowest BCUT2D eigenvalue weighted by Crippen LogP contribution is -2.15. The van der Waals surface area contributed by atoms with Gasteiger partial charge in [0, 0.05) is 22.8 Å². The highest BCUT2D eigenvalue weighted by atomic mass is 79.9. The molecule has 1 aromatic carbocycles. The first-order valence-electron chi connectivity index (χ1n) is 5.58. The SMILES string of the molecule is Cc1ccc(S(=O)(=O)n2cc(Br)cc2CC=O)cc1. The molecule has 0 saturated heterocycles. The Hall–Kier alpha value is -1.40. The maximum atomic E-state index is 12.5. The van der Waals surface area contributed by atoms with Crippen molar-refractivity contribution in [2.75, 3.05) is 0 Å². The van der Waals surface area contributed by atoms with Crippen LogP contribution >= 0.6 is 15.9 Å². The van der Waals surface area contributed by atoms with Gasteiger partial charge in [-0.15, -0.1) is 0 Å². The molecule has 0 amide bonds. The van der Waals surface area contributed by atoms with E-state index in [4.69, 9.17) is 0 Å². The summed E-state index contributed by atoms with van der Waals surface area (Å²) in [7, 11) is -3.66. The first-order valence-corrected chi connectivity index (χ1v) is 7.81. The van der Waals surface area contributed by atoms with Crippen LogP contribution in [0.5, 0.6) is 0 Å². The smallest absolute Gasteiger partial charge is 0.267 e. The first-order chi connectivity index (χ1) is 8.95. The third kappa shape index (κ3) is 2.79. The average Bonchev–Trinajstić information content (AvgIpc) is 2.72. The van der Waals surface area contributed by atoms with Gasteiger partial charge in [0.25, 0.3) is 10.0 Å². The summed E-state index contributed by atoms with van der Waals surface area (Å²) in [5, 5.41) is 0. The number of hydrogen-bond donors (Lipinski definition) is 0. The number of halogens is 1. The maximum Gasteiger partial charge on any atom is 0.267 e. The van der Waals surface area contributed by atoms with Crippen LogP contribution in [0.1, 0.15) is 11.3 Å². The van der Waals surface area contributed by atoms with E-state index in [0.717, 1.165) is 9.54 Å². The van der Waals surface area contributed by atoms with Crippen molar-refractivity contribution in [2.24, 2.45) is 0 Å². The van der Waals surface area contributed by atoms with Gasteiger partial charge in [0.15, 0.2) is 0 Å². The number of rotatable bonds is 4. The van der Waals surface area contributed by atoms with Gasteiger partial charge in [-0.1, -0.05) is 17.7 Å². The molecule has 0 saturated carbocycles. The van der Waals surface area contributed by atoms with Gasteiger partial charge in [0.05, 0.1) is 4.90 Å². The molecule has 2 aromatic rings. The van der Waals surface area contributed by atoms with E-state index in [1.54, 1.807) is 30.3 Å². The molecule has 1 heterocycles. The van der Waals surface area contributed by atoms with Crippen LogP contribution in [0.4, 0.5) is 0 Å². The molecule has 0 radical (unpaired) electrons. The van der Waals surface area contributed by atoms with Crippen LogP contribution in [0.15, 0.2) is 45.9 Å². The van der Waals surface area contributed by atoms with E-state index in [0.29, 0.717) is 16.5 Å². The van der Waals surface area contributed by atoms with Gasteiger partial charge >= 0.3 is 0 Å². The van der Waals surface area contributed by atoms with E-state index in [1.165, 1.54) is 6.20 Å². The second-order valence-corrected chi connectivity index (χ2v) is 6.86. The minimum absolute atomic E-state index is 0.0523. The van der Waals surface area contributed by atoms with Gasteiger partial charge in [0.2, 0.25) is 0 Å². The van der Waals surface area contributed by atoms with Gasteiger partial charge in [-0.2, -0.15) is 0 Å². The van der Waals surface area contributed by atoms with Crippen molar-refractivity contribution in [3.05, 3.63) is 52.3 Å². The zero-order valence-electron chi connectivity index (χ0n) is 10.2. The number of carbonyl (C=O) groups is 1. The molecule has 0 fully saturated rings. The lowest BCUT2D eigenvalue weighted by Gasteiger charge is -2.09. The van der Waals surface area contributed by atoms with Crippen molar-refractivity contribution < 1.29 is 13.2 Å². The Morgan fingerprint density at radius 2 is 1.89 bits per heavy atom. The van der Waals surface area contributed by atoms with Crippen LogP contribution in [0.3, 0.4) is 0 Å². The van der Waals surface area contributed by atoms with Crippen molar-refractivity contribution in [1.29, 1.82) is 0 Å². The third-order valence-electron chi connectivity index (χ3n) is 2.70. The molecule has 19 heavy (non-hydrogen) atoms. The fourth-order valence-corrected chi connectivity index (χ4v) is 3.74. The molecule has 0 aliphatic heterocycles. The summed E-state index contributed by atoms with van der Waals surface area (Å²) in [6, 6.07) is 8.22. The highest BCUT2D eigenvalue weighted by Gasteiger charge is 2.20. The summed E-state index contributed by atoms with van der Waals surface area (Å²) >= 11 is 3.23. The van der Waals surface area contributed by atoms with Crippen LogP contribution in [0, 0.1) is 6.92 Å². The van der Waals surface area contributed by atoms with Crippen molar-refractivity contribution in [1.82, 2.24) is 3.97 Å². The fourth-order valence-electron chi connectivity index (χ4n) is 1.74. The summed E-state index contributed by atoms with van der Waals surface area (Å²) in [6.45, 7) is 1.89. The summed E-state index contributed by atoms with van der Waals surface area (Å²) in [5.74, 6) is 0. The largest absolute Gasteiger partial charge is 0.303 e. The van der Waals surface area contributed by atoms with Gasteiger partial charge < -0.3 is 4.79 Å². The molecule has 100 valence electrons. The van der Waals surface area contributed by atoms with Gasteiger partial charge in [0.1, 0.15) is 6.29 Å². The Bertz CT molecular complexity index is 702. The van der Waals surface area contributed by atoms with Gasteiger partial charge in [-0.25, -0.2) is 12.4 Å². The maximum absolute atomic E-state index is 12.5. The summed E-state index contributed by atoms with van der Waals surface area (Å²) in [5.41, 5.74) is 1.42. The highest BCUT2D eigenvalue weighted by Crippen LogP contribution is 2.22. The Morgan fingerprint density at radius 1 is 1.26 bits per heavy atom. The predicted octanol–water partition coefficient (Wildman–Crippen LogP) is 2.54. The number of aryl methyl sites for hydroxylation is 1. The summed E-state index contributed by atoms with van der Waals surface area (Å²) in [6.07, 6.45) is 2.19. The number of nitrogens with zero attached hydrogens (tertiary/aromatic N) is 1. The minimum Gasteiger partial charge on any atom is -0.303 e. The van der Waals surface area contributed by atoms with Crippen LogP contribution in [-0.2, 0) is 21.2 Å². The zero-order chi connectivity index (χ0) is 14.0.